The zero-order valence-electron chi connectivity index (χ0n) is 12.9. The number of ketones is 1. The van der Waals surface area contributed by atoms with Crippen molar-refractivity contribution >= 4 is 43.2 Å². The molecule has 0 amide bonds. The first kappa shape index (κ1) is 18.4. The van der Waals surface area contributed by atoms with Gasteiger partial charge in [0.2, 0.25) is 0 Å². The Hall–Kier alpha value is -1.40. The number of benzene rings is 2. The van der Waals surface area contributed by atoms with E-state index in [0.29, 0.717) is 10.9 Å². The first-order valence-corrected chi connectivity index (χ1v) is 9.19. The third-order valence-electron chi connectivity index (χ3n) is 4.24. The van der Waals surface area contributed by atoms with Gasteiger partial charge in [0.25, 0.3) is 0 Å². The predicted molar refractivity (Wildman–Crippen MR) is 98.2 cm³/mol. The van der Waals surface area contributed by atoms with Crippen molar-refractivity contribution in [2.45, 2.75) is 24.9 Å². The summed E-state index contributed by atoms with van der Waals surface area (Å²) in [6, 6.07) is 11.2. The van der Waals surface area contributed by atoms with Crippen molar-refractivity contribution in [1.82, 2.24) is 0 Å². The Morgan fingerprint density at radius 2 is 1.68 bits per heavy atom. The van der Waals surface area contributed by atoms with E-state index in [1.165, 1.54) is 6.07 Å². The van der Waals surface area contributed by atoms with Gasteiger partial charge in [-0.05, 0) is 53.3 Å². The minimum Gasteiger partial charge on any atom is -0.295 e. The van der Waals surface area contributed by atoms with Crippen LogP contribution in [0.15, 0.2) is 57.5 Å². The number of carbonyl (C=O) groups is 1. The Morgan fingerprint density at radius 1 is 0.960 bits per heavy atom. The predicted octanol–water partition coefficient (Wildman–Crippen LogP) is 6.76. The van der Waals surface area contributed by atoms with Gasteiger partial charge >= 0.3 is 6.18 Å². The molecule has 25 heavy (non-hydrogen) atoms. The molecule has 130 valence electrons. The van der Waals surface area contributed by atoms with Crippen LogP contribution in [0.1, 0.15) is 35.4 Å². The van der Waals surface area contributed by atoms with E-state index >= 15 is 0 Å². The Balaban J connectivity index is 1.94. The summed E-state index contributed by atoms with van der Waals surface area (Å²) in [6.07, 6.45) is -1.87. The molecular weight excluding hydrogens is 461 g/mol. The van der Waals surface area contributed by atoms with Crippen LogP contribution >= 0.6 is 31.9 Å². The third-order valence-corrected chi connectivity index (χ3v) is 5.61. The van der Waals surface area contributed by atoms with Crippen molar-refractivity contribution in [3.63, 3.8) is 0 Å². The van der Waals surface area contributed by atoms with Crippen molar-refractivity contribution in [2.24, 2.45) is 0 Å². The third kappa shape index (κ3) is 4.06. The number of alkyl halides is 3. The van der Waals surface area contributed by atoms with Gasteiger partial charge in [0.1, 0.15) is 0 Å². The molecule has 1 aliphatic carbocycles. The van der Waals surface area contributed by atoms with Gasteiger partial charge in [-0.2, -0.15) is 13.2 Å². The van der Waals surface area contributed by atoms with Crippen LogP contribution in [0.2, 0.25) is 0 Å². The molecule has 1 atom stereocenters. The van der Waals surface area contributed by atoms with E-state index in [9.17, 15) is 18.0 Å². The minimum absolute atomic E-state index is 0.0196. The van der Waals surface area contributed by atoms with Crippen molar-refractivity contribution in [1.29, 1.82) is 0 Å². The maximum atomic E-state index is 12.8. The Labute approximate surface area is 160 Å². The fraction of sp³-hybridized carbons (Fsp3) is 0.211. The lowest BCUT2D eigenvalue weighted by Crippen LogP contribution is -2.14. The highest BCUT2D eigenvalue weighted by Gasteiger charge is 2.32. The van der Waals surface area contributed by atoms with Crippen LogP contribution in [-0.2, 0) is 11.0 Å². The van der Waals surface area contributed by atoms with Crippen LogP contribution in [0.25, 0.3) is 5.57 Å². The monoisotopic (exact) mass is 472 g/mol. The van der Waals surface area contributed by atoms with Crippen LogP contribution in [0.3, 0.4) is 0 Å². The smallest absolute Gasteiger partial charge is 0.295 e. The number of allylic oxidation sites excluding steroid dienone is 2. The summed E-state index contributed by atoms with van der Waals surface area (Å²) in [5.41, 5.74) is 1.84. The molecule has 0 radical (unpaired) electrons. The summed E-state index contributed by atoms with van der Waals surface area (Å²) in [5, 5.41) is 0. The van der Waals surface area contributed by atoms with Crippen molar-refractivity contribution in [3.05, 3.63) is 74.2 Å². The van der Waals surface area contributed by atoms with Crippen LogP contribution in [-0.4, -0.2) is 5.78 Å². The maximum absolute atomic E-state index is 12.8. The molecule has 0 saturated carbocycles. The zero-order valence-corrected chi connectivity index (χ0v) is 16.1. The second-order valence-electron chi connectivity index (χ2n) is 5.95. The molecule has 0 heterocycles. The van der Waals surface area contributed by atoms with E-state index in [1.807, 2.05) is 24.3 Å². The lowest BCUT2D eigenvalue weighted by molar-refractivity contribution is -0.137. The van der Waals surface area contributed by atoms with Gasteiger partial charge in [0.05, 0.1) is 5.56 Å². The highest BCUT2D eigenvalue weighted by atomic mass is 79.9. The number of hydrogen-bond acceptors (Lipinski definition) is 1. The highest BCUT2D eigenvalue weighted by Crippen LogP contribution is 2.41. The molecule has 0 spiro atoms. The Morgan fingerprint density at radius 3 is 2.32 bits per heavy atom. The Bertz CT molecular complexity index is 856. The van der Waals surface area contributed by atoms with E-state index in [-0.39, 0.29) is 18.1 Å². The van der Waals surface area contributed by atoms with E-state index < -0.39 is 11.7 Å². The molecule has 0 aromatic heterocycles. The van der Waals surface area contributed by atoms with Crippen LogP contribution in [0.5, 0.6) is 0 Å². The molecule has 1 aliphatic rings. The van der Waals surface area contributed by atoms with Crippen molar-refractivity contribution < 1.29 is 18.0 Å². The maximum Gasteiger partial charge on any atom is 0.416 e. The fourth-order valence-electron chi connectivity index (χ4n) is 3.06. The largest absolute Gasteiger partial charge is 0.416 e. The summed E-state index contributed by atoms with van der Waals surface area (Å²) in [4.78, 5) is 12.2. The minimum atomic E-state index is -4.39. The second kappa shape index (κ2) is 7.08. The molecular formula is C19H13Br2F3O. The van der Waals surface area contributed by atoms with Crippen LogP contribution in [0.4, 0.5) is 13.2 Å². The quantitative estimate of drug-likeness (QED) is 0.470. The van der Waals surface area contributed by atoms with Gasteiger partial charge in [-0.3, -0.25) is 4.79 Å². The number of halogens is 5. The average molecular weight is 474 g/mol. The lowest BCUT2D eigenvalue weighted by Gasteiger charge is -2.24. The summed E-state index contributed by atoms with van der Waals surface area (Å²) in [6.45, 7) is 0. The number of rotatable bonds is 2. The van der Waals surface area contributed by atoms with Crippen molar-refractivity contribution in [3.8, 4) is 0 Å². The summed E-state index contributed by atoms with van der Waals surface area (Å²) in [5.74, 6) is -0.176. The normalized spacial score (nSPS) is 18.2. The summed E-state index contributed by atoms with van der Waals surface area (Å²) < 4.78 is 39.8. The van der Waals surface area contributed by atoms with E-state index in [1.54, 1.807) is 6.08 Å². The topological polar surface area (TPSA) is 17.1 Å². The summed E-state index contributed by atoms with van der Waals surface area (Å²) in [7, 11) is 0. The van der Waals surface area contributed by atoms with E-state index in [2.05, 4.69) is 31.9 Å². The second-order valence-corrected chi connectivity index (χ2v) is 7.66. The molecule has 0 fully saturated rings. The number of carbonyl (C=O) groups excluding carboxylic acids is 1. The highest BCUT2D eigenvalue weighted by molar-refractivity contribution is 9.10. The molecule has 2 aromatic rings. The van der Waals surface area contributed by atoms with Gasteiger partial charge in [0.15, 0.2) is 5.78 Å². The molecule has 3 rings (SSSR count). The first-order valence-electron chi connectivity index (χ1n) is 7.60. The van der Waals surface area contributed by atoms with Crippen molar-refractivity contribution in [2.75, 3.05) is 0 Å². The molecule has 2 aromatic carbocycles. The van der Waals surface area contributed by atoms with Crippen LogP contribution < -0.4 is 0 Å². The van der Waals surface area contributed by atoms with Gasteiger partial charge in [-0.15, -0.1) is 0 Å². The standard InChI is InChI=1S/C19H13Br2F3O/c20-17-4-2-1-3-15(17)11-7-12(9-14(25)8-11)16-6-5-13(10-18(16)21)19(22,23)24/h1-6,8,10,12H,7,9H2. The zero-order chi connectivity index (χ0) is 18.2. The average Bonchev–Trinajstić information content (AvgIpc) is 2.53. The van der Waals surface area contributed by atoms with Gasteiger partial charge in [-0.1, -0.05) is 56.1 Å². The Kier molecular flexibility index (Phi) is 5.21. The van der Waals surface area contributed by atoms with Gasteiger partial charge < -0.3 is 0 Å². The van der Waals surface area contributed by atoms with Gasteiger partial charge in [0, 0.05) is 15.4 Å². The van der Waals surface area contributed by atoms with E-state index in [0.717, 1.165) is 33.3 Å². The molecule has 0 bridgehead atoms. The molecule has 0 N–H and O–H groups in total. The molecule has 6 heteroatoms. The van der Waals surface area contributed by atoms with E-state index in [4.69, 9.17) is 0 Å². The number of hydrogen-bond donors (Lipinski definition) is 0. The summed E-state index contributed by atoms with van der Waals surface area (Å²) >= 11 is 6.73. The van der Waals surface area contributed by atoms with Gasteiger partial charge in [-0.25, -0.2) is 0 Å². The lowest BCUT2D eigenvalue weighted by atomic mass is 9.81. The first-order chi connectivity index (χ1) is 11.8. The fourth-order valence-corrected chi connectivity index (χ4v) is 4.30. The molecule has 0 aliphatic heterocycles. The SMILES string of the molecule is O=C1C=C(c2ccccc2Br)CC(c2ccc(C(F)(F)F)cc2Br)C1. The molecule has 0 saturated heterocycles. The van der Waals surface area contributed by atoms with Crippen LogP contribution in [0, 0.1) is 0 Å². The molecule has 1 nitrogen and oxygen atoms in total. The molecule has 1 unspecified atom stereocenters.